The Hall–Kier alpha value is -2.01. The molecule has 0 aliphatic rings. The van der Waals surface area contributed by atoms with Crippen LogP contribution in [-0.4, -0.2) is 29.3 Å². The molecule has 0 aliphatic carbocycles. The lowest BCUT2D eigenvalue weighted by atomic mass is 10.2. The van der Waals surface area contributed by atoms with Crippen molar-refractivity contribution >= 4 is 16.6 Å². The molecule has 0 saturated heterocycles. The maximum absolute atomic E-state index is 12.0. The van der Waals surface area contributed by atoms with Crippen molar-refractivity contribution < 1.29 is 9.53 Å². The zero-order valence-electron chi connectivity index (χ0n) is 9.42. The number of Topliss-reactive ketones (excluding diaryl/α,β-unsaturated/α-hetero) is 1. The standard InChI is InChI=1S/C12H12N2O3/c1-17-8-10(15)7-14-12(16)11-5-3-2-4-9(11)6-13-14/h2-6H,7-8H2,1H3. The molecule has 88 valence electrons. The van der Waals surface area contributed by atoms with E-state index in [0.717, 1.165) is 10.1 Å². The third-order valence-electron chi connectivity index (χ3n) is 2.39. The van der Waals surface area contributed by atoms with Gasteiger partial charge >= 0.3 is 0 Å². The van der Waals surface area contributed by atoms with E-state index >= 15 is 0 Å². The number of benzene rings is 1. The molecule has 17 heavy (non-hydrogen) atoms. The van der Waals surface area contributed by atoms with E-state index in [1.54, 1.807) is 18.3 Å². The summed E-state index contributed by atoms with van der Waals surface area (Å²) in [5, 5.41) is 5.29. The third kappa shape index (κ3) is 2.39. The van der Waals surface area contributed by atoms with Gasteiger partial charge < -0.3 is 4.74 Å². The van der Waals surface area contributed by atoms with E-state index < -0.39 is 0 Å². The van der Waals surface area contributed by atoms with Crippen LogP contribution >= 0.6 is 0 Å². The molecule has 0 unspecified atom stereocenters. The molecular weight excluding hydrogens is 220 g/mol. The average Bonchev–Trinajstić information content (AvgIpc) is 2.33. The van der Waals surface area contributed by atoms with E-state index in [2.05, 4.69) is 5.10 Å². The van der Waals surface area contributed by atoms with Gasteiger partial charge in [0.05, 0.1) is 11.6 Å². The monoisotopic (exact) mass is 232 g/mol. The summed E-state index contributed by atoms with van der Waals surface area (Å²) in [6.45, 7) is -0.0710. The third-order valence-corrected chi connectivity index (χ3v) is 2.39. The van der Waals surface area contributed by atoms with Crippen LogP contribution < -0.4 is 5.56 Å². The lowest BCUT2D eigenvalue weighted by Gasteiger charge is -2.04. The quantitative estimate of drug-likeness (QED) is 0.775. The van der Waals surface area contributed by atoms with E-state index in [1.165, 1.54) is 7.11 Å². The zero-order chi connectivity index (χ0) is 12.3. The smallest absolute Gasteiger partial charge is 0.275 e. The minimum absolute atomic E-state index is 0.0129. The molecule has 1 aromatic carbocycles. The Balaban J connectivity index is 2.39. The van der Waals surface area contributed by atoms with Gasteiger partial charge in [-0.2, -0.15) is 5.10 Å². The van der Waals surface area contributed by atoms with Crippen molar-refractivity contribution in [1.29, 1.82) is 0 Å². The van der Waals surface area contributed by atoms with E-state index in [-0.39, 0.29) is 24.5 Å². The highest BCUT2D eigenvalue weighted by atomic mass is 16.5. The molecule has 0 radical (unpaired) electrons. The first-order chi connectivity index (χ1) is 8.22. The number of hydrogen-bond donors (Lipinski definition) is 0. The first-order valence-corrected chi connectivity index (χ1v) is 5.18. The Morgan fingerprint density at radius 1 is 1.41 bits per heavy atom. The molecule has 0 fully saturated rings. The molecule has 1 heterocycles. The average molecular weight is 232 g/mol. The summed E-state index contributed by atoms with van der Waals surface area (Å²) in [6.07, 6.45) is 1.58. The Kier molecular flexibility index (Phi) is 3.30. The number of ether oxygens (including phenoxy) is 1. The fourth-order valence-corrected chi connectivity index (χ4v) is 1.61. The van der Waals surface area contributed by atoms with Crippen LogP contribution in [0.1, 0.15) is 0 Å². The molecule has 0 N–H and O–H groups in total. The molecule has 0 amide bonds. The second kappa shape index (κ2) is 4.88. The maximum atomic E-state index is 12.0. The van der Waals surface area contributed by atoms with Crippen LogP contribution in [0.4, 0.5) is 0 Å². The van der Waals surface area contributed by atoms with Gasteiger partial charge in [-0.05, 0) is 6.07 Å². The van der Waals surface area contributed by atoms with Crippen molar-refractivity contribution in [2.75, 3.05) is 13.7 Å². The minimum atomic E-state index is -0.257. The Morgan fingerprint density at radius 2 is 2.18 bits per heavy atom. The van der Waals surface area contributed by atoms with E-state index in [4.69, 9.17) is 4.74 Å². The Bertz CT molecular complexity index is 604. The van der Waals surface area contributed by atoms with Gasteiger partial charge in [-0.15, -0.1) is 0 Å². The summed E-state index contributed by atoms with van der Waals surface area (Å²) in [5.74, 6) is -0.183. The largest absolute Gasteiger partial charge is 0.377 e. The van der Waals surface area contributed by atoms with Gasteiger partial charge in [0.2, 0.25) is 0 Å². The lowest BCUT2D eigenvalue weighted by Crippen LogP contribution is -2.28. The van der Waals surface area contributed by atoms with Gasteiger partial charge in [-0.3, -0.25) is 9.59 Å². The molecule has 1 aromatic heterocycles. The molecule has 0 aliphatic heterocycles. The van der Waals surface area contributed by atoms with Crippen LogP contribution in [0, 0.1) is 0 Å². The van der Waals surface area contributed by atoms with Gasteiger partial charge in [-0.25, -0.2) is 4.68 Å². The second-order valence-electron chi connectivity index (χ2n) is 3.67. The summed E-state index contributed by atoms with van der Waals surface area (Å²) in [7, 11) is 1.44. The molecule has 2 rings (SSSR count). The molecule has 2 aromatic rings. The predicted molar refractivity (Wildman–Crippen MR) is 62.9 cm³/mol. The highest BCUT2D eigenvalue weighted by Gasteiger charge is 2.07. The SMILES string of the molecule is COCC(=O)Cn1ncc2ccccc2c1=O. The van der Waals surface area contributed by atoms with E-state index in [9.17, 15) is 9.59 Å². The number of methoxy groups -OCH3 is 1. The van der Waals surface area contributed by atoms with Crippen molar-refractivity contribution in [3.63, 3.8) is 0 Å². The number of aromatic nitrogens is 2. The summed E-state index contributed by atoms with van der Waals surface area (Å²) in [5.41, 5.74) is -0.257. The number of hydrogen-bond acceptors (Lipinski definition) is 4. The second-order valence-corrected chi connectivity index (χ2v) is 3.67. The van der Waals surface area contributed by atoms with Gasteiger partial charge in [0.15, 0.2) is 5.78 Å². The fourth-order valence-electron chi connectivity index (χ4n) is 1.61. The van der Waals surface area contributed by atoms with Crippen LogP contribution in [0.15, 0.2) is 35.3 Å². The van der Waals surface area contributed by atoms with Crippen LogP contribution in [-0.2, 0) is 16.1 Å². The summed E-state index contributed by atoms with van der Waals surface area (Å²) in [6, 6.07) is 7.15. The van der Waals surface area contributed by atoms with Gasteiger partial charge in [-0.1, -0.05) is 18.2 Å². The molecule has 0 bridgehead atoms. The Morgan fingerprint density at radius 3 is 2.94 bits per heavy atom. The minimum Gasteiger partial charge on any atom is -0.377 e. The summed E-state index contributed by atoms with van der Waals surface area (Å²) >= 11 is 0. The molecule has 5 nitrogen and oxygen atoms in total. The molecular formula is C12H12N2O3. The number of ketones is 1. The van der Waals surface area contributed by atoms with Crippen molar-refractivity contribution in [2.24, 2.45) is 0 Å². The van der Waals surface area contributed by atoms with E-state index in [0.29, 0.717) is 5.39 Å². The maximum Gasteiger partial charge on any atom is 0.275 e. The number of nitrogens with zero attached hydrogens (tertiary/aromatic N) is 2. The summed E-state index contributed by atoms with van der Waals surface area (Å²) < 4.78 is 5.87. The van der Waals surface area contributed by atoms with Crippen LogP contribution in [0.2, 0.25) is 0 Å². The normalized spacial score (nSPS) is 10.6. The number of carbonyl (C=O) groups is 1. The zero-order valence-corrected chi connectivity index (χ0v) is 9.42. The highest BCUT2D eigenvalue weighted by molar-refractivity contribution is 5.82. The van der Waals surface area contributed by atoms with Crippen molar-refractivity contribution in [3.8, 4) is 0 Å². The predicted octanol–water partition coefficient (Wildman–Crippen LogP) is 0.612. The lowest BCUT2D eigenvalue weighted by molar-refractivity contribution is -0.123. The first kappa shape index (κ1) is 11.5. The van der Waals surface area contributed by atoms with E-state index in [1.807, 2.05) is 12.1 Å². The molecule has 0 spiro atoms. The van der Waals surface area contributed by atoms with Crippen molar-refractivity contribution in [1.82, 2.24) is 9.78 Å². The van der Waals surface area contributed by atoms with Crippen LogP contribution in [0.3, 0.4) is 0 Å². The fraction of sp³-hybridized carbons (Fsp3) is 0.250. The molecule has 0 atom stereocenters. The van der Waals surface area contributed by atoms with Crippen LogP contribution in [0.25, 0.3) is 10.8 Å². The first-order valence-electron chi connectivity index (χ1n) is 5.18. The number of rotatable bonds is 4. The number of fused-ring (bicyclic) bond motifs is 1. The van der Waals surface area contributed by atoms with Gasteiger partial charge in [0, 0.05) is 12.5 Å². The van der Waals surface area contributed by atoms with Crippen molar-refractivity contribution in [3.05, 3.63) is 40.8 Å². The van der Waals surface area contributed by atoms with Crippen LogP contribution in [0.5, 0.6) is 0 Å². The topological polar surface area (TPSA) is 61.2 Å². The highest BCUT2D eigenvalue weighted by Crippen LogP contribution is 2.06. The van der Waals surface area contributed by atoms with Gasteiger partial charge in [0.1, 0.15) is 13.2 Å². The van der Waals surface area contributed by atoms with Gasteiger partial charge in [0.25, 0.3) is 5.56 Å². The number of carbonyl (C=O) groups excluding carboxylic acids is 1. The summed E-state index contributed by atoms with van der Waals surface area (Å²) in [4.78, 5) is 23.4. The Labute approximate surface area is 97.6 Å². The molecule has 5 heteroatoms. The van der Waals surface area contributed by atoms with Crippen molar-refractivity contribution in [2.45, 2.75) is 6.54 Å². The molecule has 0 saturated carbocycles.